The maximum atomic E-state index is 12.2. The third-order valence-corrected chi connectivity index (χ3v) is 4.27. The zero-order valence-electron chi connectivity index (χ0n) is 11.2. The number of rotatable bonds is 2. The molecule has 0 aromatic rings. The number of carbonyl (C=O) groups excluding carboxylic acids is 1. The summed E-state index contributed by atoms with van der Waals surface area (Å²) >= 11 is 0. The monoisotopic (exact) mass is 240 g/mol. The van der Waals surface area contributed by atoms with Crippen molar-refractivity contribution >= 4 is 5.97 Å². The molecule has 0 radical (unpaired) electrons. The molecule has 0 aromatic heterocycles. The van der Waals surface area contributed by atoms with E-state index in [9.17, 15) is 4.79 Å². The van der Waals surface area contributed by atoms with Gasteiger partial charge in [-0.3, -0.25) is 9.69 Å². The van der Waals surface area contributed by atoms with Crippen molar-refractivity contribution in [2.24, 2.45) is 5.41 Å². The molecule has 0 amide bonds. The summed E-state index contributed by atoms with van der Waals surface area (Å²) in [4.78, 5) is 14.6. The molecule has 1 aliphatic carbocycles. The van der Waals surface area contributed by atoms with Crippen LogP contribution in [0.1, 0.15) is 33.1 Å². The first-order valence-electron chi connectivity index (χ1n) is 6.54. The molecule has 1 heterocycles. The highest BCUT2D eigenvalue weighted by atomic mass is 16.5. The van der Waals surface area contributed by atoms with Gasteiger partial charge in [0.15, 0.2) is 0 Å². The molecule has 4 heteroatoms. The van der Waals surface area contributed by atoms with E-state index in [1.807, 2.05) is 0 Å². The summed E-state index contributed by atoms with van der Waals surface area (Å²) in [5, 5.41) is 3.34. The van der Waals surface area contributed by atoms with Gasteiger partial charge in [-0.1, -0.05) is 13.8 Å². The van der Waals surface area contributed by atoms with E-state index in [1.165, 1.54) is 7.11 Å². The molecule has 2 rings (SSSR count). The minimum atomic E-state index is -0.361. The van der Waals surface area contributed by atoms with Gasteiger partial charge < -0.3 is 10.1 Å². The van der Waals surface area contributed by atoms with Crippen molar-refractivity contribution in [3.8, 4) is 0 Å². The van der Waals surface area contributed by atoms with Gasteiger partial charge in [0.2, 0.25) is 0 Å². The number of esters is 1. The zero-order chi connectivity index (χ0) is 12.5. The van der Waals surface area contributed by atoms with E-state index in [-0.39, 0.29) is 16.9 Å². The number of methoxy groups -OCH3 is 1. The minimum absolute atomic E-state index is 0.0371. The lowest BCUT2D eigenvalue weighted by molar-refractivity contribution is -0.156. The van der Waals surface area contributed by atoms with Gasteiger partial charge in [0, 0.05) is 26.2 Å². The lowest BCUT2D eigenvalue weighted by Gasteiger charge is -2.42. The van der Waals surface area contributed by atoms with Gasteiger partial charge in [0.05, 0.1) is 7.11 Å². The highest BCUT2D eigenvalue weighted by Crippen LogP contribution is 2.47. The molecule has 0 aromatic carbocycles. The second kappa shape index (κ2) is 4.58. The van der Waals surface area contributed by atoms with Crippen LogP contribution in [0.3, 0.4) is 0 Å². The fourth-order valence-corrected chi connectivity index (χ4v) is 3.37. The average molecular weight is 240 g/mol. The molecule has 2 aliphatic rings. The lowest BCUT2D eigenvalue weighted by Crippen LogP contribution is -2.59. The Kier molecular flexibility index (Phi) is 3.46. The largest absolute Gasteiger partial charge is 0.468 e. The summed E-state index contributed by atoms with van der Waals surface area (Å²) in [6.45, 7) is 8.34. The van der Waals surface area contributed by atoms with E-state index < -0.39 is 0 Å². The van der Waals surface area contributed by atoms with Crippen LogP contribution in [0.2, 0.25) is 0 Å². The molecule has 2 fully saturated rings. The number of nitrogens with zero attached hydrogens (tertiary/aromatic N) is 1. The van der Waals surface area contributed by atoms with Crippen LogP contribution in [0.15, 0.2) is 0 Å². The fourth-order valence-electron chi connectivity index (χ4n) is 3.37. The fraction of sp³-hybridized carbons (Fsp3) is 0.923. The molecule has 0 bridgehead atoms. The summed E-state index contributed by atoms with van der Waals surface area (Å²) in [6, 6.07) is 0. The van der Waals surface area contributed by atoms with Crippen LogP contribution in [-0.2, 0) is 9.53 Å². The molecule has 98 valence electrons. The van der Waals surface area contributed by atoms with Crippen LogP contribution in [0, 0.1) is 5.41 Å². The predicted octanol–water partition coefficient (Wildman–Crippen LogP) is 1.01. The number of hydrogen-bond donors (Lipinski definition) is 1. The maximum Gasteiger partial charge on any atom is 0.326 e. The third-order valence-electron chi connectivity index (χ3n) is 4.27. The Balaban J connectivity index is 2.21. The zero-order valence-corrected chi connectivity index (χ0v) is 11.2. The lowest BCUT2D eigenvalue weighted by atomic mass is 9.86. The van der Waals surface area contributed by atoms with Gasteiger partial charge in [-0.2, -0.15) is 0 Å². The Labute approximate surface area is 104 Å². The Morgan fingerprint density at radius 1 is 1.24 bits per heavy atom. The van der Waals surface area contributed by atoms with E-state index >= 15 is 0 Å². The van der Waals surface area contributed by atoms with Gasteiger partial charge >= 0.3 is 5.97 Å². The number of hydrogen-bond acceptors (Lipinski definition) is 4. The van der Waals surface area contributed by atoms with Crippen LogP contribution in [0.5, 0.6) is 0 Å². The molecule has 1 saturated carbocycles. The number of ether oxygens (including phenoxy) is 1. The molecule has 1 saturated heterocycles. The van der Waals surface area contributed by atoms with Gasteiger partial charge in [-0.25, -0.2) is 0 Å². The summed E-state index contributed by atoms with van der Waals surface area (Å²) in [5.74, 6) is -0.0371. The molecule has 4 nitrogen and oxygen atoms in total. The maximum absolute atomic E-state index is 12.2. The van der Waals surface area contributed by atoms with Crippen LogP contribution >= 0.6 is 0 Å². The summed E-state index contributed by atoms with van der Waals surface area (Å²) in [6.07, 6.45) is 2.96. The summed E-state index contributed by atoms with van der Waals surface area (Å²) in [5.41, 5.74) is -0.112. The molecule has 1 unspecified atom stereocenters. The van der Waals surface area contributed by atoms with E-state index in [1.54, 1.807) is 0 Å². The quantitative estimate of drug-likeness (QED) is 0.732. The van der Waals surface area contributed by atoms with E-state index in [4.69, 9.17) is 4.74 Å². The third kappa shape index (κ3) is 2.33. The Morgan fingerprint density at radius 2 is 1.88 bits per heavy atom. The van der Waals surface area contributed by atoms with Crippen LogP contribution in [0.4, 0.5) is 0 Å². The first kappa shape index (κ1) is 12.8. The molecular formula is C13H24N2O2. The number of carbonyl (C=O) groups is 1. The van der Waals surface area contributed by atoms with Crippen molar-refractivity contribution in [3.63, 3.8) is 0 Å². The van der Waals surface area contributed by atoms with Gasteiger partial charge in [-0.05, 0) is 24.7 Å². The van der Waals surface area contributed by atoms with Crippen LogP contribution in [-0.4, -0.2) is 49.7 Å². The van der Waals surface area contributed by atoms with Crippen molar-refractivity contribution in [2.75, 3.05) is 33.3 Å². The van der Waals surface area contributed by atoms with Gasteiger partial charge in [0.25, 0.3) is 0 Å². The second-order valence-electron chi connectivity index (χ2n) is 6.10. The van der Waals surface area contributed by atoms with Gasteiger partial charge in [-0.15, -0.1) is 0 Å². The van der Waals surface area contributed by atoms with Crippen molar-refractivity contribution in [1.82, 2.24) is 10.2 Å². The Bertz CT molecular complexity index is 298. The first-order valence-corrected chi connectivity index (χ1v) is 6.54. The van der Waals surface area contributed by atoms with Crippen molar-refractivity contribution in [3.05, 3.63) is 0 Å². The molecule has 1 N–H and O–H groups in total. The first-order chi connectivity index (χ1) is 8.00. The van der Waals surface area contributed by atoms with Crippen molar-refractivity contribution in [2.45, 2.75) is 38.6 Å². The van der Waals surface area contributed by atoms with Crippen LogP contribution < -0.4 is 5.32 Å². The van der Waals surface area contributed by atoms with E-state index in [0.29, 0.717) is 0 Å². The average Bonchev–Trinajstić information content (AvgIpc) is 2.67. The molecule has 1 aliphatic heterocycles. The molecular weight excluding hydrogens is 216 g/mol. The topological polar surface area (TPSA) is 41.6 Å². The molecule has 1 atom stereocenters. The molecule has 17 heavy (non-hydrogen) atoms. The molecule has 0 spiro atoms. The minimum Gasteiger partial charge on any atom is -0.468 e. The highest BCUT2D eigenvalue weighted by molar-refractivity contribution is 5.81. The van der Waals surface area contributed by atoms with E-state index in [0.717, 1.165) is 45.4 Å². The van der Waals surface area contributed by atoms with Crippen LogP contribution in [0.25, 0.3) is 0 Å². The highest BCUT2D eigenvalue weighted by Gasteiger charge is 2.53. The standard InChI is InChI=1S/C13H24N2O2/c1-12(2)4-5-13(10-12,11(16)17-3)15-8-6-14-7-9-15/h14H,4-10H2,1-3H3. The normalized spacial score (nSPS) is 33.6. The summed E-state index contributed by atoms with van der Waals surface area (Å²) < 4.78 is 5.08. The van der Waals surface area contributed by atoms with Crippen molar-refractivity contribution in [1.29, 1.82) is 0 Å². The van der Waals surface area contributed by atoms with Crippen molar-refractivity contribution < 1.29 is 9.53 Å². The van der Waals surface area contributed by atoms with E-state index in [2.05, 4.69) is 24.1 Å². The number of piperazine rings is 1. The Morgan fingerprint density at radius 3 is 2.35 bits per heavy atom. The van der Waals surface area contributed by atoms with Gasteiger partial charge in [0.1, 0.15) is 5.54 Å². The summed E-state index contributed by atoms with van der Waals surface area (Å²) in [7, 11) is 1.51. The smallest absolute Gasteiger partial charge is 0.326 e. The SMILES string of the molecule is COC(=O)C1(N2CCNCC2)CCC(C)(C)C1. The second-order valence-corrected chi connectivity index (χ2v) is 6.10. The number of nitrogens with one attached hydrogen (secondary N) is 1. The predicted molar refractivity (Wildman–Crippen MR) is 66.8 cm³/mol. The Hall–Kier alpha value is -0.610.